The fraction of sp³-hybridized carbons (Fsp3) is 0.235. The van der Waals surface area contributed by atoms with Gasteiger partial charge in [-0.2, -0.15) is 8.78 Å². The number of amides is 1. The molecule has 0 radical (unpaired) electrons. The highest BCUT2D eigenvalue weighted by Gasteiger charge is 2.16. The zero-order valence-electron chi connectivity index (χ0n) is 13.4. The Hall–Kier alpha value is -2.77. The molecule has 0 aromatic heterocycles. The van der Waals surface area contributed by atoms with Crippen molar-refractivity contribution in [1.82, 2.24) is 4.90 Å². The number of carbonyl (C=O) groups is 1. The van der Waals surface area contributed by atoms with Crippen LogP contribution in [0.5, 0.6) is 11.5 Å². The Morgan fingerprint density at radius 3 is 2.40 bits per heavy atom. The van der Waals surface area contributed by atoms with E-state index in [0.29, 0.717) is 5.56 Å². The molecule has 0 saturated heterocycles. The average Bonchev–Trinajstić information content (AvgIpc) is 2.56. The average molecular weight is 357 g/mol. The van der Waals surface area contributed by atoms with E-state index in [9.17, 15) is 22.4 Å². The number of nitrogens with zero attached hydrogens (tertiary/aromatic N) is 1. The van der Waals surface area contributed by atoms with E-state index in [0.717, 1.165) is 18.2 Å². The molecule has 25 heavy (non-hydrogen) atoms. The molecule has 2 aromatic carbocycles. The summed E-state index contributed by atoms with van der Waals surface area (Å²) >= 11 is 0. The van der Waals surface area contributed by atoms with Crippen molar-refractivity contribution >= 4 is 5.91 Å². The summed E-state index contributed by atoms with van der Waals surface area (Å²) in [6.07, 6.45) is 0. The number of ether oxygens (including phenoxy) is 2. The molecule has 0 fully saturated rings. The standard InChI is InChI=1S/C17H15F4NO3/c1-22(16(23)11-4-5-12(18)13(19)8-11)9-10-3-6-14(24-2)15(7-10)25-17(20)21/h3-8,17H,9H2,1-2H3. The molecule has 134 valence electrons. The summed E-state index contributed by atoms with van der Waals surface area (Å²) in [5.74, 6) is -2.77. The topological polar surface area (TPSA) is 38.8 Å². The number of hydrogen-bond acceptors (Lipinski definition) is 3. The van der Waals surface area contributed by atoms with E-state index in [1.54, 1.807) is 6.07 Å². The lowest BCUT2D eigenvalue weighted by Crippen LogP contribution is -2.26. The van der Waals surface area contributed by atoms with Crippen LogP contribution < -0.4 is 9.47 Å². The molecule has 0 aliphatic heterocycles. The summed E-state index contributed by atoms with van der Waals surface area (Å²) in [4.78, 5) is 13.5. The maximum atomic E-state index is 13.2. The van der Waals surface area contributed by atoms with E-state index in [1.165, 1.54) is 31.2 Å². The van der Waals surface area contributed by atoms with Gasteiger partial charge in [0.05, 0.1) is 7.11 Å². The molecule has 8 heteroatoms. The molecule has 0 spiro atoms. The molecule has 1 amide bonds. The number of hydrogen-bond donors (Lipinski definition) is 0. The third-order valence-electron chi connectivity index (χ3n) is 3.38. The molecular weight excluding hydrogens is 342 g/mol. The molecule has 0 atom stereocenters. The molecule has 4 nitrogen and oxygen atoms in total. The van der Waals surface area contributed by atoms with Crippen LogP contribution in [0.2, 0.25) is 0 Å². The maximum absolute atomic E-state index is 13.2. The zero-order chi connectivity index (χ0) is 18.6. The van der Waals surface area contributed by atoms with Gasteiger partial charge in [0, 0.05) is 19.2 Å². The van der Waals surface area contributed by atoms with Gasteiger partial charge in [-0.15, -0.1) is 0 Å². The van der Waals surface area contributed by atoms with Crippen molar-refractivity contribution in [2.45, 2.75) is 13.2 Å². The van der Waals surface area contributed by atoms with Crippen molar-refractivity contribution in [3.05, 3.63) is 59.2 Å². The Labute approximate surface area is 141 Å². The first-order valence-corrected chi connectivity index (χ1v) is 7.14. The minimum Gasteiger partial charge on any atom is -0.493 e. The van der Waals surface area contributed by atoms with Gasteiger partial charge in [0.2, 0.25) is 0 Å². The van der Waals surface area contributed by atoms with E-state index in [-0.39, 0.29) is 23.6 Å². The van der Waals surface area contributed by atoms with E-state index in [2.05, 4.69) is 4.74 Å². The number of carbonyl (C=O) groups excluding carboxylic acids is 1. The van der Waals surface area contributed by atoms with Crippen LogP contribution >= 0.6 is 0 Å². The first-order chi connectivity index (χ1) is 11.8. The first-order valence-electron chi connectivity index (χ1n) is 7.14. The van der Waals surface area contributed by atoms with Crippen molar-refractivity contribution in [3.63, 3.8) is 0 Å². The summed E-state index contributed by atoms with van der Waals surface area (Å²) in [6, 6.07) is 7.15. The summed E-state index contributed by atoms with van der Waals surface area (Å²) in [6.45, 7) is -2.98. The Bertz CT molecular complexity index is 768. The zero-order valence-corrected chi connectivity index (χ0v) is 13.4. The molecule has 0 N–H and O–H groups in total. The minimum atomic E-state index is -3.02. The highest BCUT2D eigenvalue weighted by Crippen LogP contribution is 2.30. The first kappa shape index (κ1) is 18.6. The molecule has 0 saturated carbocycles. The van der Waals surface area contributed by atoms with E-state index < -0.39 is 24.2 Å². The van der Waals surface area contributed by atoms with Gasteiger partial charge in [0.25, 0.3) is 5.91 Å². The molecular formula is C17H15F4NO3. The van der Waals surface area contributed by atoms with Crippen LogP contribution in [-0.4, -0.2) is 31.6 Å². The Kier molecular flexibility index (Phi) is 5.84. The van der Waals surface area contributed by atoms with Crippen LogP contribution in [0.3, 0.4) is 0 Å². The third kappa shape index (κ3) is 4.62. The van der Waals surface area contributed by atoms with Crippen LogP contribution in [-0.2, 0) is 6.54 Å². The molecule has 0 aliphatic carbocycles. The van der Waals surface area contributed by atoms with Crippen molar-refractivity contribution < 1.29 is 31.8 Å². The van der Waals surface area contributed by atoms with E-state index in [4.69, 9.17) is 4.74 Å². The fourth-order valence-electron chi connectivity index (χ4n) is 2.20. The fourth-order valence-corrected chi connectivity index (χ4v) is 2.20. The van der Waals surface area contributed by atoms with Crippen molar-refractivity contribution in [1.29, 1.82) is 0 Å². The summed E-state index contributed by atoms with van der Waals surface area (Å²) in [5, 5.41) is 0. The van der Waals surface area contributed by atoms with Crippen LogP contribution in [0.15, 0.2) is 36.4 Å². The van der Waals surface area contributed by atoms with Crippen LogP contribution in [0, 0.1) is 11.6 Å². The van der Waals surface area contributed by atoms with Crippen molar-refractivity contribution in [2.75, 3.05) is 14.2 Å². The SMILES string of the molecule is COc1ccc(CN(C)C(=O)c2ccc(F)c(F)c2)cc1OC(F)F. The molecule has 2 rings (SSSR count). The smallest absolute Gasteiger partial charge is 0.387 e. The highest BCUT2D eigenvalue weighted by atomic mass is 19.3. The number of halogens is 4. The van der Waals surface area contributed by atoms with E-state index >= 15 is 0 Å². The molecule has 0 heterocycles. The Morgan fingerprint density at radius 2 is 1.80 bits per heavy atom. The van der Waals surface area contributed by atoms with Gasteiger partial charge in [0.1, 0.15) is 0 Å². The lowest BCUT2D eigenvalue weighted by Gasteiger charge is -2.18. The monoisotopic (exact) mass is 357 g/mol. The van der Waals surface area contributed by atoms with Gasteiger partial charge in [0.15, 0.2) is 23.1 Å². The van der Waals surface area contributed by atoms with Crippen LogP contribution in [0.1, 0.15) is 15.9 Å². The second-order valence-electron chi connectivity index (χ2n) is 5.15. The third-order valence-corrected chi connectivity index (χ3v) is 3.38. The minimum absolute atomic E-state index is 0.0287. The predicted molar refractivity (Wildman–Crippen MR) is 81.8 cm³/mol. The number of methoxy groups -OCH3 is 1. The van der Waals surface area contributed by atoms with Crippen LogP contribution in [0.4, 0.5) is 17.6 Å². The molecule has 0 bridgehead atoms. The van der Waals surface area contributed by atoms with Gasteiger partial charge < -0.3 is 14.4 Å². The Balaban J connectivity index is 2.17. The van der Waals surface area contributed by atoms with Crippen molar-refractivity contribution in [3.8, 4) is 11.5 Å². The Morgan fingerprint density at radius 1 is 1.08 bits per heavy atom. The quantitative estimate of drug-likeness (QED) is 0.738. The molecule has 0 aliphatic rings. The van der Waals surface area contributed by atoms with Gasteiger partial charge in [-0.25, -0.2) is 8.78 Å². The highest BCUT2D eigenvalue weighted by molar-refractivity contribution is 5.94. The maximum Gasteiger partial charge on any atom is 0.387 e. The van der Waals surface area contributed by atoms with Gasteiger partial charge in [-0.1, -0.05) is 6.07 Å². The number of alkyl halides is 2. The largest absolute Gasteiger partial charge is 0.493 e. The van der Waals surface area contributed by atoms with Crippen LogP contribution in [0.25, 0.3) is 0 Å². The molecule has 2 aromatic rings. The second kappa shape index (κ2) is 7.87. The molecule has 0 unspecified atom stereocenters. The normalized spacial score (nSPS) is 10.7. The summed E-state index contributed by atoms with van der Waals surface area (Å²) < 4.78 is 60.4. The van der Waals surface area contributed by atoms with E-state index in [1.807, 2.05) is 0 Å². The van der Waals surface area contributed by atoms with Gasteiger partial charge in [-0.05, 0) is 35.9 Å². The number of benzene rings is 2. The van der Waals surface area contributed by atoms with Gasteiger partial charge in [-0.3, -0.25) is 4.79 Å². The van der Waals surface area contributed by atoms with Gasteiger partial charge >= 0.3 is 6.61 Å². The lowest BCUT2D eigenvalue weighted by atomic mass is 10.1. The number of rotatable bonds is 6. The van der Waals surface area contributed by atoms with Crippen molar-refractivity contribution in [2.24, 2.45) is 0 Å². The second-order valence-corrected chi connectivity index (χ2v) is 5.15. The lowest BCUT2D eigenvalue weighted by molar-refractivity contribution is -0.0512. The summed E-state index contributed by atoms with van der Waals surface area (Å²) in [7, 11) is 2.76. The predicted octanol–water partition coefficient (Wildman–Crippen LogP) is 3.85. The summed E-state index contributed by atoms with van der Waals surface area (Å²) in [5.41, 5.74) is 0.467.